The number of thiophene rings is 1. The van der Waals surface area contributed by atoms with Crippen molar-refractivity contribution in [1.82, 2.24) is 4.72 Å². The fraction of sp³-hybridized carbons (Fsp3) is 0.235. The van der Waals surface area contributed by atoms with Crippen LogP contribution in [0.2, 0.25) is 0 Å². The Morgan fingerprint density at radius 2 is 1.74 bits per heavy atom. The van der Waals surface area contributed by atoms with Crippen molar-refractivity contribution in [3.63, 3.8) is 0 Å². The molecule has 1 aromatic heterocycles. The maximum absolute atomic E-state index is 12.2. The average Bonchev–Trinajstić information content (AvgIpc) is 3.04. The number of sulfonamides is 1. The minimum absolute atomic E-state index is 0.0745. The van der Waals surface area contributed by atoms with Crippen LogP contribution in [-0.2, 0) is 24.3 Å². The van der Waals surface area contributed by atoms with Crippen LogP contribution in [0.4, 0.5) is 5.69 Å². The van der Waals surface area contributed by atoms with E-state index >= 15 is 0 Å². The number of anilines is 1. The molecule has 2 N–H and O–H groups in total. The molecule has 0 unspecified atom stereocenters. The van der Waals surface area contributed by atoms with Gasteiger partial charge in [-0.2, -0.15) is 4.72 Å². The fourth-order valence-corrected chi connectivity index (χ4v) is 3.77. The van der Waals surface area contributed by atoms with Crippen molar-refractivity contribution in [2.75, 3.05) is 18.5 Å². The summed E-state index contributed by atoms with van der Waals surface area (Å²) in [5.74, 6) is -1.49. The number of benzene rings is 1. The third kappa shape index (κ3) is 6.27. The second kappa shape index (κ2) is 8.89. The van der Waals surface area contributed by atoms with Gasteiger partial charge in [0, 0.05) is 17.5 Å². The first-order valence-electron chi connectivity index (χ1n) is 7.80. The Kier molecular flexibility index (Phi) is 6.83. The maximum atomic E-state index is 12.2. The standard InChI is InChI=1S/C17H18N2O6S2/c1-11-3-8-16(26-11)15(21)10-25-17(22)9-18-27(23,24)14-6-4-13(5-7-14)19-12(2)20/h3-8,18H,9-10H2,1-2H3,(H,19,20). The number of nitrogens with one attached hydrogen (secondary N) is 2. The van der Waals surface area contributed by atoms with Crippen LogP contribution in [0.3, 0.4) is 0 Å². The zero-order valence-electron chi connectivity index (χ0n) is 14.6. The second-order valence-electron chi connectivity index (χ2n) is 5.52. The Labute approximate surface area is 160 Å². The van der Waals surface area contributed by atoms with Gasteiger partial charge in [0.2, 0.25) is 21.7 Å². The number of hydrogen-bond donors (Lipinski definition) is 2. The van der Waals surface area contributed by atoms with Crippen LogP contribution in [0.15, 0.2) is 41.3 Å². The van der Waals surface area contributed by atoms with Crippen LogP contribution in [-0.4, -0.2) is 39.2 Å². The van der Waals surface area contributed by atoms with E-state index in [1.54, 1.807) is 12.1 Å². The maximum Gasteiger partial charge on any atom is 0.321 e. The highest BCUT2D eigenvalue weighted by Crippen LogP contribution is 2.16. The Morgan fingerprint density at radius 1 is 1.07 bits per heavy atom. The molecule has 0 bridgehead atoms. The van der Waals surface area contributed by atoms with Crippen LogP contribution in [0, 0.1) is 6.92 Å². The Bertz CT molecular complexity index is 948. The average molecular weight is 410 g/mol. The van der Waals surface area contributed by atoms with Crippen LogP contribution < -0.4 is 10.0 Å². The van der Waals surface area contributed by atoms with Gasteiger partial charge >= 0.3 is 5.97 Å². The second-order valence-corrected chi connectivity index (χ2v) is 8.58. The number of aryl methyl sites for hydroxylation is 1. The summed E-state index contributed by atoms with van der Waals surface area (Å²) in [5.41, 5.74) is 0.447. The molecule has 1 heterocycles. The lowest BCUT2D eigenvalue weighted by molar-refractivity contribution is -0.141. The molecule has 1 aromatic carbocycles. The van der Waals surface area contributed by atoms with Crippen molar-refractivity contribution in [2.24, 2.45) is 0 Å². The first-order chi connectivity index (χ1) is 12.7. The van der Waals surface area contributed by atoms with E-state index in [-0.39, 0.29) is 16.6 Å². The fourth-order valence-electron chi connectivity index (χ4n) is 2.01. The minimum atomic E-state index is -3.93. The quantitative estimate of drug-likeness (QED) is 0.505. The summed E-state index contributed by atoms with van der Waals surface area (Å²) in [4.78, 5) is 35.9. The van der Waals surface area contributed by atoms with Crippen LogP contribution in [0.25, 0.3) is 0 Å². The molecule has 0 saturated carbocycles. The number of Topliss-reactive ketones (excluding diaryl/α,β-unsaturated/α-hetero) is 1. The van der Waals surface area contributed by atoms with Crippen molar-refractivity contribution in [1.29, 1.82) is 0 Å². The monoisotopic (exact) mass is 410 g/mol. The van der Waals surface area contributed by atoms with Gasteiger partial charge in [0.1, 0.15) is 6.54 Å². The molecule has 0 radical (unpaired) electrons. The third-order valence-electron chi connectivity index (χ3n) is 3.27. The first kappa shape index (κ1) is 20.7. The normalized spacial score (nSPS) is 11.0. The zero-order chi connectivity index (χ0) is 20.0. The molecule has 144 valence electrons. The summed E-state index contributed by atoms with van der Waals surface area (Å²) < 4.78 is 31.2. The van der Waals surface area contributed by atoms with E-state index in [9.17, 15) is 22.8 Å². The summed E-state index contributed by atoms with van der Waals surface area (Å²) >= 11 is 1.29. The summed E-state index contributed by atoms with van der Waals surface area (Å²) in [6, 6.07) is 8.86. The van der Waals surface area contributed by atoms with Crippen molar-refractivity contribution < 1.29 is 27.5 Å². The van der Waals surface area contributed by atoms with Crippen molar-refractivity contribution in [2.45, 2.75) is 18.7 Å². The lowest BCUT2D eigenvalue weighted by atomic mass is 10.3. The van der Waals surface area contributed by atoms with Gasteiger partial charge in [-0.3, -0.25) is 14.4 Å². The molecular formula is C17H18N2O6S2. The molecule has 0 saturated heterocycles. The topological polar surface area (TPSA) is 119 Å². The molecule has 2 rings (SSSR count). The molecule has 10 heteroatoms. The number of ketones is 1. The molecule has 0 atom stereocenters. The molecule has 27 heavy (non-hydrogen) atoms. The molecule has 8 nitrogen and oxygen atoms in total. The molecular weight excluding hydrogens is 392 g/mol. The van der Waals surface area contributed by atoms with Gasteiger partial charge < -0.3 is 10.1 Å². The van der Waals surface area contributed by atoms with Gasteiger partial charge in [0.25, 0.3) is 0 Å². The van der Waals surface area contributed by atoms with Crippen LogP contribution >= 0.6 is 11.3 Å². The van der Waals surface area contributed by atoms with Gasteiger partial charge in [-0.1, -0.05) is 0 Å². The molecule has 0 aliphatic carbocycles. The summed E-state index contributed by atoms with van der Waals surface area (Å²) in [6.07, 6.45) is 0. The number of carbonyl (C=O) groups is 3. The first-order valence-corrected chi connectivity index (χ1v) is 10.1. The number of rotatable bonds is 8. The Morgan fingerprint density at radius 3 is 2.30 bits per heavy atom. The van der Waals surface area contributed by atoms with E-state index in [1.165, 1.54) is 42.5 Å². The van der Waals surface area contributed by atoms with Crippen LogP contribution in [0.1, 0.15) is 21.5 Å². The molecule has 0 aliphatic rings. The van der Waals surface area contributed by atoms with Gasteiger partial charge in [-0.25, -0.2) is 8.42 Å². The van der Waals surface area contributed by atoms with E-state index in [0.717, 1.165) is 4.88 Å². The van der Waals surface area contributed by atoms with Crippen molar-refractivity contribution in [3.05, 3.63) is 46.2 Å². The molecule has 0 aliphatic heterocycles. The van der Waals surface area contributed by atoms with Gasteiger partial charge in [-0.05, 0) is 43.3 Å². The highest BCUT2D eigenvalue weighted by atomic mass is 32.2. The van der Waals surface area contributed by atoms with E-state index < -0.39 is 29.1 Å². The predicted molar refractivity (Wildman–Crippen MR) is 100 cm³/mol. The van der Waals surface area contributed by atoms with E-state index in [4.69, 9.17) is 4.74 Å². The Balaban J connectivity index is 1.85. The third-order valence-corrected chi connectivity index (χ3v) is 5.73. The molecule has 1 amide bonds. The largest absolute Gasteiger partial charge is 0.456 e. The summed E-state index contributed by atoms with van der Waals surface area (Å²) in [7, 11) is -3.93. The highest BCUT2D eigenvalue weighted by Gasteiger charge is 2.17. The highest BCUT2D eigenvalue weighted by molar-refractivity contribution is 7.89. The number of esters is 1. The zero-order valence-corrected chi connectivity index (χ0v) is 16.3. The Hall–Kier alpha value is -2.56. The van der Waals surface area contributed by atoms with Crippen LogP contribution in [0.5, 0.6) is 0 Å². The predicted octanol–water partition coefficient (Wildman–Crippen LogP) is 1.72. The smallest absolute Gasteiger partial charge is 0.321 e. The lowest BCUT2D eigenvalue weighted by Crippen LogP contribution is -2.31. The van der Waals surface area contributed by atoms with Gasteiger partial charge in [-0.15, -0.1) is 11.3 Å². The molecule has 0 spiro atoms. The van der Waals surface area contributed by atoms with E-state index in [1.807, 2.05) is 6.92 Å². The van der Waals surface area contributed by atoms with Crippen molar-refractivity contribution >= 4 is 44.7 Å². The summed E-state index contributed by atoms with van der Waals surface area (Å²) in [5, 5.41) is 2.52. The number of amides is 1. The molecule has 0 fully saturated rings. The number of ether oxygens (including phenoxy) is 1. The minimum Gasteiger partial charge on any atom is -0.456 e. The van der Waals surface area contributed by atoms with Gasteiger partial charge in [0.05, 0.1) is 9.77 Å². The van der Waals surface area contributed by atoms with E-state index in [2.05, 4.69) is 10.0 Å². The lowest BCUT2D eigenvalue weighted by Gasteiger charge is -2.08. The molecule has 2 aromatic rings. The van der Waals surface area contributed by atoms with Gasteiger partial charge in [0.15, 0.2) is 6.61 Å². The van der Waals surface area contributed by atoms with E-state index in [0.29, 0.717) is 10.6 Å². The number of hydrogen-bond acceptors (Lipinski definition) is 7. The SMILES string of the molecule is CC(=O)Nc1ccc(S(=O)(=O)NCC(=O)OCC(=O)c2ccc(C)s2)cc1. The summed E-state index contributed by atoms with van der Waals surface area (Å²) in [6.45, 7) is 2.13. The number of carbonyl (C=O) groups excluding carboxylic acids is 3. The van der Waals surface area contributed by atoms with Crippen molar-refractivity contribution in [3.8, 4) is 0 Å².